The van der Waals surface area contributed by atoms with Crippen molar-refractivity contribution in [2.24, 2.45) is 5.92 Å². The molecule has 0 spiro atoms. The quantitative estimate of drug-likeness (QED) is 0.213. The van der Waals surface area contributed by atoms with Gasteiger partial charge < -0.3 is 10.2 Å². The third-order valence-corrected chi connectivity index (χ3v) is 6.84. The fourth-order valence-corrected chi connectivity index (χ4v) is 5.28. The lowest BCUT2D eigenvalue weighted by atomic mass is 9.85. The number of carboxylic acids is 1. The SMILES string of the molecule is CCCCCC(O)c1ccc([C@@H]2[C@@H](CC=CCCCC(=O)O)[C@H](Cl)C[C@@H]2Cl)cc1. The predicted octanol–water partition coefficient (Wildman–Crippen LogP) is 6.82. The first-order valence-corrected chi connectivity index (χ1v) is 11.7. The lowest BCUT2D eigenvalue weighted by Crippen LogP contribution is -2.16. The molecular formula is C24H34Cl2O3. The van der Waals surface area contributed by atoms with E-state index >= 15 is 0 Å². The van der Waals surface area contributed by atoms with Gasteiger partial charge in [0.2, 0.25) is 0 Å². The second kappa shape index (κ2) is 12.6. The number of aliphatic carboxylic acids is 1. The zero-order valence-electron chi connectivity index (χ0n) is 17.3. The summed E-state index contributed by atoms with van der Waals surface area (Å²) in [6.07, 6.45) is 11.2. The van der Waals surface area contributed by atoms with Crippen LogP contribution in [0, 0.1) is 5.92 Å². The Morgan fingerprint density at radius 2 is 1.86 bits per heavy atom. The number of hydrogen-bond acceptors (Lipinski definition) is 2. The zero-order chi connectivity index (χ0) is 21.2. The highest BCUT2D eigenvalue weighted by atomic mass is 35.5. The van der Waals surface area contributed by atoms with Gasteiger partial charge in [0.25, 0.3) is 0 Å². The van der Waals surface area contributed by atoms with Gasteiger partial charge in [0.1, 0.15) is 0 Å². The Hall–Kier alpha value is -1.03. The van der Waals surface area contributed by atoms with Crippen molar-refractivity contribution in [3.63, 3.8) is 0 Å². The number of alkyl halides is 2. The van der Waals surface area contributed by atoms with Crippen molar-refractivity contribution < 1.29 is 15.0 Å². The van der Waals surface area contributed by atoms with Crippen molar-refractivity contribution in [3.05, 3.63) is 47.5 Å². The standard InChI is InChI=1S/C24H34Cl2O3/c1-2-3-6-10-22(27)17-12-14-18(15-13-17)24-19(20(25)16-21(24)26)9-7-4-5-8-11-23(28)29/h4,7,12-15,19-22,24,27H,2-3,5-6,8-11,16H2,1H3,(H,28,29)/t19-,20+,21-,22?,24+/m0/s1. The largest absolute Gasteiger partial charge is 0.481 e. The van der Waals surface area contributed by atoms with Crippen LogP contribution in [0.3, 0.4) is 0 Å². The van der Waals surface area contributed by atoms with Crippen LogP contribution in [0.2, 0.25) is 0 Å². The minimum atomic E-state index is -0.751. The molecule has 1 fully saturated rings. The van der Waals surface area contributed by atoms with Gasteiger partial charge in [-0.05, 0) is 49.1 Å². The number of hydrogen-bond donors (Lipinski definition) is 2. The Labute approximate surface area is 185 Å². The second-order valence-electron chi connectivity index (χ2n) is 8.13. The van der Waals surface area contributed by atoms with Crippen LogP contribution in [0.5, 0.6) is 0 Å². The lowest BCUT2D eigenvalue weighted by molar-refractivity contribution is -0.137. The molecule has 0 amide bonds. The monoisotopic (exact) mass is 440 g/mol. The maximum atomic E-state index is 10.6. The molecule has 1 aromatic rings. The molecule has 3 nitrogen and oxygen atoms in total. The Bertz CT molecular complexity index is 644. The molecule has 2 N–H and O–H groups in total. The molecule has 1 saturated carbocycles. The summed E-state index contributed by atoms with van der Waals surface area (Å²) in [7, 11) is 0. The van der Waals surface area contributed by atoms with Crippen molar-refractivity contribution in [2.45, 2.75) is 87.5 Å². The Kier molecular flexibility index (Phi) is 10.5. The van der Waals surface area contributed by atoms with E-state index in [1.165, 1.54) is 5.56 Å². The van der Waals surface area contributed by atoms with Gasteiger partial charge in [-0.3, -0.25) is 4.79 Å². The number of unbranched alkanes of at least 4 members (excludes halogenated alkanes) is 3. The molecule has 0 heterocycles. The molecule has 1 aliphatic carbocycles. The van der Waals surface area contributed by atoms with Crippen molar-refractivity contribution in [2.75, 3.05) is 0 Å². The smallest absolute Gasteiger partial charge is 0.303 e. The molecule has 5 heteroatoms. The molecule has 0 aliphatic heterocycles. The van der Waals surface area contributed by atoms with Crippen LogP contribution in [0.1, 0.15) is 87.9 Å². The summed E-state index contributed by atoms with van der Waals surface area (Å²) in [4.78, 5) is 10.6. The fourth-order valence-electron chi connectivity index (χ4n) is 4.22. The highest BCUT2D eigenvalue weighted by molar-refractivity contribution is 6.25. The van der Waals surface area contributed by atoms with Gasteiger partial charge in [-0.2, -0.15) is 0 Å². The van der Waals surface area contributed by atoms with Gasteiger partial charge >= 0.3 is 5.97 Å². The number of carbonyl (C=O) groups is 1. The maximum Gasteiger partial charge on any atom is 0.303 e. The molecule has 29 heavy (non-hydrogen) atoms. The van der Waals surface area contributed by atoms with E-state index in [0.717, 1.165) is 50.5 Å². The van der Waals surface area contributed by atoms with Gasteiger partial charge in [-0.1, -0.05) is 62.6 Å². The molecular weight excluding hydrogens is 407 g/mol. The highest BCUT2D eigenvalue weighted by Gasteiger charge is 2.41. The number of aliphatic hydroxyl groups excluding tert-OH is 1. The summed E-state index contributed by atoms with van der Waals surface area (Å²) in [5, 5.41) is 19.1. The second-order valence-corrected chi connectivity index (χ2v) is 9.25. The molecule has 162 valence electrons. The van der Waals surface area contributed by atoms with Crippen LogP contribution in [0.4, 0.5) is 0 Å². The first kappa shape index (κ1) is 24.2. The molecule has 0 radical (unpaired) electrons. The number of allylic oxidation sites excluding steroid dienone is 2. The van der Waals surface area contributed by atoms with Crippen LogP contribution in [0.15, 0.2) is 36.4 Å². The van der Waals surface area contributed by atoms with Crippen LogP contribution in [0.25, 0.3) is 0 Å². The van der Waals surface area contributed by atoms with Gasteiger partial charge in [-0.25, -0.2) is 0 Å². The molecule has 1 aromatic carbocycles. The lowest BCUT2D eigenvalue weighted by Gasteiger charge is -2.23. The van der Waals surface area contributed by atoms with E-state index in [4.69, 9.17) is 28.3 Å². The molecule has 0 saturated heterocycles. The molecule has 1 unspecified atom stereocenters. The van der Waals surface area contributed by atoms with E-state index in [0.29, 0.717) is 6.42 Å². The Morgan fingerprint density at radius 1 is 1.14 bits per heavy atom. The van der Waals surface area contributed by atoms with Crippen molar-refractivity contribution >= 4 is 29.2 Å². The van der Waals surface area contributed by atoms with Gasteiger partial charge in [0.05, 0.1) is 6.10 Å². The molecule has 1 aliphatic rings. The van der Waals surface area contributed by atoms with E-state index in [2.05, 4.69) is 31.2 Å². The molecule has 0 aromatic heterocycles. The highest BCUT2D eigenvalue weighted by Crippen LogP contribution is 2.47. The van der Waals surface area contributed by atoms with E-state index in [1.807, 2.05) is 12.1 Å². The minimum Gasteiger partial charge on any atom is -0.481 e. The van der Waals surface area contributed by atoms with Crippen LogP contribution >= 0.6 is 23.2 Å². The zero-order valence-corrected chi connectivity index (χ0v) is 18.8. The van der Waals surface area contributed by atoms with Gasteiger partial charge in [-0.15, -0.1) is 23.2 Å². The number of rotatable bonds is 12. The summed E-state index contributed by atoms with van der Waals surface area (Å²) < 4.78 is 0. The van der Waals surface area contributed by atoms with Gasteiger partial charge in [0.15, 0.2) is 0 Å². The van der Waals surface area contributed by atoms with Crippen molar-refractivity contribution in [1.82, 2.24) is 0 Å². The van der Waals surface area contributed by atoms with Crippen LogP contribution in [-0.2, 0) is 4.79 Å². The number of carboxylic acid groups (broad SMARTS) is 1. The normalized spacial score (nSPS) is 25.5. The first-order chi connectivity index (χ1) is 13.9. The topological polar surface area (TPSA) is 57.5 Å². The summed E-state index contributed by atoms with van der Waals surface area (Å²) in [6, 6.07) is 8.24. The fraction of sp³-hybridized carbons (Fsp3) is 0.625. The van der Waals surface area contributed by atoms with Gasteiger partial charge in [0, 0.05) is 23.1 Å². The predicted molar refractivity (Wildman–Crippen MR) is 121 cm³/mol. The van der Waals surface area contributed by atoms with E-state index < -0.39 is 12.1 Å². The average Bonchev–Trinajstić information content (AvgIpc) is 2.97. The first-order valence-electron chi connectivity index (χ1n) is 10.9. The summed E-state index contributed by atoms with van der Waals surface area (Å²) in [5.41, 5.74) is 2.15. The van der Waals surface area contributed by atoms with Crippen LogP contribution in [-0.4, -0.2) is 26.9 Å². The maximum absolute atomic E-state index is 10.6. The molecule has 0 bridgehead atoms. The van der Waals surface area contributed by atoms with Crippen molar-refractivity contribution in [1.29, 1.82) is 0 Å². The van der Waals surface area contributed by atoms with Crippen LogP contribution < -0.4 is 0 Å². The van der Waals surface area contributed by atoms with E-state index in [1.54, 1.807) is 0 Å². The molecule has 2 rings (SSSR count). The third kappa shape index (κ3) is 7.62. The number of aliphatic hydroxyl groups is 1. The molecule has 5 atom stereocenters. The minimum absolute atomic E-state index is 0.00300. The van der Waals surface area contributed by atoms with E-state index in [9.17, 15) is 9.90 Å². The Balaban J connectivity index is 1.96. The van der Waals surface area contributed by atoms with E-state index in [-0.39, 0.29) is 29.0 Å². The summed E-state index contributed by atoms with van der Waals surface area (Å²) in [6.45, 7) is 2.16. The van der Waals surface area contributed by atoms with Crippen molar-refractivity contribution in [3.8, 4) is 0 Å². The third-order valence-electron chi connectivity index (χ3n) is 5.89. The summed E-state index contributed by atoms with van der Waals surface area (Å²) in [5.74, 6) is -0.302. The Morgan fingerprint density at radius 3 is 2.52 bits per heavy atom. The number of benzene rings is 1. The number of halogens is 2. The summed E-state index contributed by atoms with van der Waals surface area (Å²) >= 11 is 13.3. The average molecular weight is 441 g/mol.